The van der Waals surface area contributed by atoms with E-state index in [2.05, 4.69) is 19.1 Å². The third kappa shape index (κ3) is 2.30. The monoisotopic (exact) mass is 296 g/mol. The summed E-state index contributed by atoms with van der Waals surface area (Å²) in [4.78, 5) is 0. The van der Waals surface area contributed by atoms with Gasteiger partial charge in [-0.2, -0.15) is 0 Å². The van der Waals surface area contributed by atoms with Crippen LogP contribution in [0.25, 0.3) is 0 Å². The van der Waals surface area contributed by atoms with Crippen LogP contribution in [0, 0.1) is 17.8 Å². The van der Waals surface area contributed by atoms with Gasteiger partial charge in [-0.25, -0.2) is 0 Å². The third-order valence-electron chi connectivity index (χ3n) is 6.43. The molecule has 118 valence electrons. The Labute approximate surface area is 134 Å². The van der Waals surface area contributed by atoms with Crippen molar-refractivity contribution in [3.63, 3.8) is 0 Å². The zero-order chi connectivity index (χ0) is 15.1. The fraction of sp³-hybridized carbons (Fsp3) is 0.619. The van der Waals surface area contributed by atoms with Crippen molar-refractivity contribution in [2.45, 2.75) is 64.7 Å². The van der Waals surface area contributed by atoms with Gasteiger partial charge < -0.3 is 5.11 Å². The molecule has 0 bridgehead atoms. The molecule has 4 rings (SSSR count). The minimum absolute atomic E-state index is 0.257. The molecule has 1 heteroatoms. The third-order valence-corrected chi connectivity index (χ3v) is 6.43. The van der Waals surface area contributed by atoms with E-state index in [0.717, 1.165) is 5.92 Å². The molecule has 0 aromatic carbocycles. The van der Waals surface area contributed by atoms with E-state index in [-0.39, 0.29) is 5.92 Å². The van der Waals surface area contributed by atoms with Crippen LogP contribution < -0.4 is 0 Å². The summed E-state index contributed by atoms with van der Waals surface area (Å²) >= 11 is 0. The lowest BCUT2D eigenvalue weighted by molar-refractivity contribution is 0.270. The van der Waals surface area contributed by atoms with Gasteiger partial charge in [0, 0.05) is 5.92 Å². The second kappa shape index (κ2) is 5.76. The van der Waals surface area contributed by atoms with Gasteiger partial charge >= 0.3 is 0 Å². The standard InChI is InChI=1S/C21H28O/c1-14-10-11-15-6-2-4-8-17(15)20(14)21-18-9-5-3-7-16(18)12-13-19(21)22/h10,12-13,15,18,21-22H,2-9,11H2,1H3. The Morgan fingerprint density at radius 1 is 1.00 bits per heavy atom. The maximum Gasteiger partial charge on any atom is 0.100 e. The van der Waals surface area contributed by atoms with E-state index in [9.17, 15) is 5.11 Å². The molecule has 0 saturated heterocycles. The fourth-order valence-electron chi connectivity index (χ4n) is 5.33. The van der Waals surface area contributed by atoms with Crippen molar-refractivity contribution in [2.75, 3.05) is 0 Å². The second-order valence-electron chi connectivity index (χ2n) is 7.67. The zero-order valence-electron chi connectivity index (χ0n) is 13.8. The molecule has 4 aliphatic carbocycles. The lowest BCUT2D eigenvalue weighted by Gasteiger charge is -2.41. The van der Waals surface area contributed by atoms with Gasteiger partial charge in [-0.1, -0.05) is 41.7 Å². The van der Waals surface area contributed by atoms with E-state index in [4.69, 9.17) is 0 Å². The Morgan fingerprint density at radius 3 is 2.73 bits per heavy atom. The summed E-state index contributed by atoms with van der Waals surface area (Å²) in [6.07, 6.45) is 18.4. The molecule has 4 aliphatic rings. The number of aliphatic hydroxyl groups excluding tert-OH is 1. The first kappa shape index (κ1) is 14.4. The molecular weight excluding hydrogens is 268 g/mol. The number of allylic oxidation sites excluding steroid dienone is 7. The van der Waals surface area contributed by atoms with Crippen LogP contribution in [-0.4, -0.2) is 5.11 Å². The Kier molecular flexibility index (Phi) is 3.76. The maximum atomic E-state index is 10.7. The molecule has 0 radical (unpaired) electrons. The number of fused-ring (bicyclic) bond motifs is 2. The molecule has 0 heterocycles. The van der Waals surface area contributed by atoms with Crippen LogP contribution >= 0.6 is 0 Å². The minimum Gasteiger partial charge on any atom is -0.512 e. The molecule has 2 saturated carbocycles. The summed E-state index contributed by atoms with van der Waals surface area (Å²) < 4.78 is 0. The summed E-state index contributed by atoms with van der Waals surface area (Å²) in [7, 11) is 0. The molecule has 0 aromatic heterocycles. The average molecular weight is 296 g/mol. The largest absolute Gasteiger partial charge is 0.512 e. The maximum absolute atomic E-state index is 10.7. The van der Waals surface area contributed by atoms with Gasteiger partial charge in [0.1, 0.15) is 5.76 Å². The van der Waals surface area contributed by atoms with Gasteiger partial charge in [-0.3, -0.25) is 0 Å². The highest BCUT2D eigenvalue weighted by atomic mass is 16.3. The van der Waals surface area contributed by atoms with Gasteiger partial charge in [0.25, 0.3) is 0 Å². The van der Waals surface area contributed by atoms with Gasteiger partial charge in [0.2, 0.25) is 0 Å². The minimum atomic E-state index is 0.257. The topological polar surface area (TPSA) is 20.2 Å². The molecule has 22 heavy (non-hydrogen) atoms. The summed E-state index contributed by atoms with van der Waals surface area (Å²) in [6, 6.07) is 0. The highest BCUT2D eigenvalue weighted by Gasteiger charge is 2.38. The Bertz CT molecular complexity index is 587. The van der Waals surface area contributed by atoms with E-state index in [1.54, 1.807) is 11.1 Å². The Morgan fingerprint density at radius 2 is 1.82 bits per heavy atom. The Hall–Kier alpha value is -1.24. The number of hydrogen-bond donors (Lipinski definition) is 1. The molecule has 1 nitrogen and oxygen atoms in total. The van der Waals surface area contributed by atoms with Crippen molar-refractivity contribution in [3.05, 3.63) is 46.3 Å². The van der Waals surface area contributed by atoms with Crippen molar-refractivity contribution in [1.29, 1.82) is 0 Å². The normalized spacial score (nSPS) is 35.1. The predicted molar refractivity (Wildman–Crippen MR) is 91.6 cm³/mol. The predicted octanol–water partition coefficient (Wildman–Crippen LogP) is 6.01. The van der Waals surface area contributed by atoms with Crippen LogP contribution in [-0.2, 0) is 0 Å². The highest BCUT2D eigenvalue weighted by Crippen LogP contribution is 2.50. The molecule has 2 fully saturated rings. The van der Waals surface area contributed by atoms with E-state index >= 15 is 0 Å². The van der Waals surface area contributed by atoms with Crippen LogP contribution in [0.2, 0.25) is 0 Å². The molecular formula is C21H28O. The van der Waals surface area contributed by atoms with Crippen LogP contribution in [0.15, 0.2) is 46.3 Å². The highest BCUT2D eigenvalue weighted by molar-refractivity contribution is 5.47. The van der Waals surface area contributed by atoms with E-state index in [0.29, 0.717) is 11.7 Å². The molecule has 3 atom stereocenters. The molecule has 1 N–H and O–H groups in total. The lowest BCUT2D eigenvalue weighted by Crippen LogP contribution is -2.30. The number of rotatable bonds is 1. The second-order valence-corrected chi connectivity index (χ2v) is 7.67. The van der Waals surface area contributed by atoms with Crippen molar-refractivity contribution in [3.8, 4) is 0 Å². The van der Waals surface area contributed by atoms with Gasteiger partial charge in [0.05, 0.1) is 0 Å². The molecule has 3 unspecified atom stereocenters. The van der Waals surface area contributed by atoms with E-state index in [1.165, 1.54) is 68.9 Å². The van der Waals surface area contributed by atoms with Crippen molar-refractivity contribution in [2.24, 2.45) is 17.8 Å². The van der Waals surface area contributed by atoms with Crippen molar-refractivity contribution >= 4 is 0 Å². The van der Waals surface area contributed by atoms with E-state index in [1.807, 2.05) is 6.08 Å². The zero-order valence-corrected chi connectivity index (χ0v) is 13.8. The number of hydrogen-bond acceptors (Lipinski definition) is 1. The van der Waals surface area contributed by atoms with Crippen LogP contribution in [0.1, 0.15) is 64.7 Å². The summed E-state index contributed by atoms with van der Waals surface area (Å²) in [5.41, 5.74) is 6.27. The molecule has 0 aliphatic heterocycles. The van der Waals surface area contributed by atoms with Gasteiger partial charge in [-0.15, -0.1) is 0 Å². The van der Waals surface area contributed by atoms with Crippen LogP contribution in [0.4, 0.5) is 0 Å². The smallest absolute Gasteiger partial charge is 0.100 e. The first-order valence-electron chi connectivity index (χ1n) is 9.25. The first-order chi connectivity index (χ1) is 10.8. The molecule has 0 aromatic rings. The fourth-order valence-corrected chi connectivity index (χ4v) is 5.33. The SMILES string of the molecule is CC1=CCC2CCCCC2=C1C1C(O)=CC=C2CCCCC21. The summed E-state index contributed by atoms with van der Waals surface area (Å²) in [5, 5.41) is 10.7. The summed E-state index contributed by atoms with van der Waals surface area (Å²) in [6.45, 7) is 2.28. The molecule has 0 spiro atoms. The van der Waals surface area contributed by atoms with Crippen molar-refractivity contribution in [1.82, 2.24) is 0 Å². The quantitative estimate of drug-likeness (QED) is 0.628. The Balaban J connectivity index is 1.78. The first-order valence-corrected chi connectivity index (χ1v) is 9.25. The average Bonchev–Trinajstić information content (AvgIpc) is 2.56. The van der Waals surface area contributed by atoms with E-state index < -0.39 is 0 Å². The van der Waals surface area contributed by atoms with Crippen LogP contribution in [0.3, 0.4) is 0 Å². The van der Waals surface area contributed by atoms with Gasteiger partial charge in [-0.05, 0) is 75.4 Å². The molecule has 0 amide bonds. The lowest BCUT2D eigenvalue weighted by atomic mass is 9.64. The van der Waals surface area contributed by atoms with Gasteiger partial charge in [0.15, 0.2) is 0 Å². The van der Waals surface area contributed by atoms with Crippen molar-refractivity contribution < 1.29 is 5.11 Å². The van der Waals surface area contributed by atoms with Crippen LogP contribution in [0.5, 0.6) is 0 Å². The summed E-state index contributed by atoms with van der Waals surface area (Å²) in [5.74, 6) is 2.20. The number of aliphatic hydroxyl groups is 1.